The monoisotopic (exact) mass is 254 g/mol. The number of carbonyl (C=O) groups is 2. The molecule has 2 unspecified atom stereocenters. The summed E-state index contributed by atoms with van der Waals surface area (Å²) >= 11 is 0. The molecule has 0 fully saturated rings. The summed E-state index contributed by atoms with van der Waals surface area (Å²) in [5, 5.41) is 12.0. The Balaban J connectivity index is 2.74. The summed E-state index contributed by atoms with van der Waals surface area (Å²) in [7, 11) is 0. The van der Waals surface area contributed by atoms with Gasteiger partial charge in [-0.3, -0.25) is 0 Å². The van der Waals surface area contributed by atoms with Gasteiger partial charge in [-0.2, -0.15) is 0 Å². The molecule has 100 valence electrons. The number of furan rings is 1. The van der Waals surface area contributed by atoms with Crippen LogP contribution in [-0.2, 0) is 11.3 Å². The Labute approximate surface area is 106 Å². The highest BCUT2D eigenvalue weighted by molar-refractivity contribution is 5.77. The first kappa shape index (κ1) is 14.2. The van der Waals surface area contributed by atoms with E-state index >= 15 is 0 Å². The molecule has 2 amide bonds. The lowest BCUT2D eigenvalue weighted by molar-refractivity contribution is -0.107. The van der Waals surface area contributed by atoms with Crippen LogP contribution in [-0.4, -0.2) is 41.0 Å². The van der Waals surface area contributed by atoms with Crippen molar-refractivity contribution < 1.29 is 19.1 Å². The zero-order chi connectivity index (χ0) is 13.5. The number of nitrogens with zero attached hydrogens (tertiary/aromatic N) is 1. The standard InChI is InChI=1S/C12H18N2O4/c1-9(10(2)16)14(12(17)13-5-6-15)8-11-4-3-7-18-11/h3-4,6-7,9-10,16H,5,8H2,1-2H3,(H,13,17). The van der Waals surface area contributed by atoms with Crippen LogP contribution in [0.25, 0.3) is 0 Å². The van der Waals surface area contributed by atoms with Crippen molar-refractivity contribution in [2.75, 3.05) is 6.54 Å². The third kappa shape index (κ3) is 3.89. The zero-order valence-corrected chi connectivity index (χ0v) is 10.5. The summed E-state index contributed by atoms with van der Waals surface area (Å²) < 4.78 is 5.18. The fraction of sp³-hybridized carbons (Fsp3) is 0.500. The lowest BCUT2D eigenvalue weighted by atomic mass is 10.2. The molecule has 0 bridgehead atoms. The normalized spacial score (nSPS) is 13.7. The van der Waals surface area contributed by atoms with Crippen LogP contribution >= 0.6 is 0 Å². The average molecular weight is 254 g/mol. The zero-order valence-electron chi connectivity index (χ0n) is 10.5. The fourth-order valence-electron chi connectivity index (χ4n) is 1.46. The third-order valence-electron chi connectivity index (χ3n) is 2.69. The van der Waals surface area contributed by atoms with Gasteiger partial charge >= 0.3 is 6.03 Å². The van der Waals surface area contributed by atoms with Crippen LogP contribution in [0.1, 0.15) is 19.6 Å². The van der Waals surface area contributed by atoms with Gasteiger partial charge in [0.05, 0.1) is 31.5 Å². The molecule has 6 heteroatoms. The first-order chi connectivity index (χ1) is 8.56. The maximum Gasteiger partial charge on any atom is 0.318 e. The van der Waals surface area contributed by atoms with Crippen molar-refractivity contribution in [2.24, 2.45) is 0 Å². The molecule has 0 aromatic carbocycles. The van der Waals surface area contributed by atoms with Gasteiger partial charge in [0, 0.05) is 0 Å². The molecular formula is C12H18N2O4. The van der Waals surface area contributed by atoms with Crippen molar-refractivity contribution in [2.45, 2.75) is 32.5 Å². The highest BCUT2D eigenvalue weighted by atomic mass is 16.3. The molecule has 1 rings (SSSR count). The van der Waals surface area contributed by atoms with E-state index in [1.165, 1.54) is 11.2 Å². The highest BCUT2D eigenvalue weighted by Crippen LogP contribution is 2.11. The van der Waals surface area contributed by atoms with E-state index in [1.807, 2.05) is 0 Å². The Morgan fingerprint density at radius 2 is 2.33 bits per heavy atom. The number of amides is 2. The van der Waals surface area contributed by atoms with Gasteiger partial charge in [-0.1, -0.05) is 0 Å². The molecular weight excluding hydrogens is 236 g/mol. The van der Waals surface area contributed by atoms with Crippen LogP contribution in [0.15, 0.2) is 22.8 Å². The number of nitrogens with one attached hydrogen (secondary N) is 1. The van der Waals surface area contributed by atoms with Crippen molar-refractivity contribution in [3.63, 3.8) is 0 Å². The largest absolute Gasteiger partial charge is 0.467 e. The van der Waals surface area contributed by atoms with Crippen molar-refractivity contribution >= 4 is 12.3 Å². The molecule has 2 N–H and O–H groups in total. The Kier molecular flexibility index (Phi) is 5.38. The lowest BCUT2D eigenvalue weighted by Gasteiger charge is -2.30. The topological polar surface area (TPSA) is 82.8 Å². The molecule has 18 heavy (non-hydrogen) atoms. The second kappa shape index (κ2) is 6.80. The average Bonchev–Trinajstić information content (AvgIpc) is 2.84. The fourth-order valence-corrected chi connectivity index (χ4v) is 1.46. The summed E-state index contributed by atoms with van der Waals surface area (Å²) in [6.07, 6.45) is 1.45. The smallest absolute Gasteiger partial charge is 0.318 e. The second-order valence-electron chi connectivity index (χ2n) is 4.04. The van der Waals surface area contributed by atoms with Gasteiger partial charge in [0.1, 0.15) is 12.0 Å². The van der Waals surface area contributed by atoms with Gasteiger partial charge in [-0.25, -0.2) is 4.79 Å². The number of hydrogen-bond acceptors (Lipinski definition) is 4. The number of aliphatic hydroxyl groups excluding tert-OH is 1. The van der Waals surface area contributed by atoms with E-state index in [-0.39, 0.29) is 19.1 Å². The molecule has 0 aliphatic heterocycles. The molecule has 6 nitrogen and oxygen atoms in total. The quantitative estimate of drug-likeness (QED) is 0.734. The first-order valence-corrected chi connectivity index (χ1v) is 5.74. The minimum Gasteiger partial charge on any atom is -0.467 e. The predicted molar refractivity (Wildman–Crippen MR) is 64.9 cm³/mol. The maximum absolute atomic E-state index is 11.9. The summed E-state index contributed by atoms with van der Waals surface area (Å²) in [5.41, 5.74) is 0. The van der Waals surface area contributed by atoms with E-state index in [4.69, 9.17) is 4.42 Å². The third-order valence-corrected chi connectivity index (χ3v) is 2.69. The van der Waals surface area contributed by atoms with E-state index in [2.05, 4.69) is 5.32 Å². The minimum absolute atomic E-state index is 0.0555. The van der Waals surface area contributed by atoms with Gasteiger partial charge in [0.2, 0.25) is 0 Å². The summed E-state index contributed by atoms with van der Waals surface area (Å²) in [6, 6.07) is 2.67. The molecule has 2 atom stereocenters. The molecule has 1 heterocycles. The van der Waals surface area contributed by atoms with Crippen LogP contribution in [0.5, 0.6) is 0 Å². The van der Waals surface area contributed by atoms with Crippen molar-refractivity contribution in [1.29, 1.82) is 0 Å². The van der Waals surface area contributed by atoms with Crippen LogP contribution in [0, 0.1) is 0 Å². The molecule has 0 aliphatic rings. The Morgan fingerprint density at radius 3 is 2.83 bits per heavy atom. The van der Waals surface area contributed by atoms with Gasteiger partial charge in [-0.15, -0.1) is 0 Å². The lowest BCUT2D eigenvalue weighted by Crippen LogP contribution is -2.48. The van der Waals surface area contributed by atoms with Crippen LogP contribution < -0.4 is 5.32 Å². The highest BCUT2D eigenvalue weighted by Gasteiger charge is 2.24. The number of aldehydes is 1. The van der Waals surface area contributed by atoms with Crippen LogP contribution in [0.4, 0.5) is 4.79 Å². The molecule has 0 aliphatic carbocycles. The molecule has 1 aromatic rings. The number of urea groups is 1. The molecule has 0 radical (unpaired) electrons. The number of rotatable bonds is 6. The molecule has 0 spiro atoms. The number of aliphatic hydroxyl groups is 1. The molecule has 0 saturated heterocycles. The van der Waals surface area contributed by atoms with Crippen LogP contribution in [0.3, 0.4) is 0 Å². The van der Waals surface area contributed by atoms with Gasteiger partial charge in [-0.05, 0) is 26.0 Å². The second-order valence-corrected chi connectivity index (χ2v) is 4.04. The predicted octanol–water partition coefficient (Wildman–Crippen LogP) is 0.759. The first-order valence-electron chi connectivity index (χ1n) is 5.74. The van der Waals surface area contributed by atoms with Crippen molar-refractivity contribution in [3.8, 4) is 0 Å². The Bertz CT molecular complexity index is 375. The van der Waals surface area contributed by atoms with Crippen molar-refractivity contribution in [1.82, 2.24) is 10.2 Å². The Morgan fingerprint density at radius 1 is 1.61 bits per heavy atom. The van der Waals surface area contributed by atoms with Gasteiger partial charge in [0.25, 0.3) is 0 Å². The molecule has 0 saturated carbocycles. The summed E-state index contributed by atoms with van der Waals surface area (Å²) in [5.74, 6) is 0.615. The Hall–Kier alpha value is -1.82. The van der Waals surface area contributed by atoms with Crippen LogP contribution in [0.2, 0.25) is 0 Å². The van der Waals surface area contributed by atoms with E-state index < -0.39 is 12.1 Å². The SMILES string of the molecule is CC(O)C(C)N(Cc1ccco1)C(=O)NCC=O. The minimum atomic E-state index is -0.679. The van der Waals surface area contributed by atoms with E-state index in [0.29, 0.717) is 12.0 Å². The van der Waals surface area contributed by atoms with E-state index in [9.17, 15) is 14.7 Å². The van der Waals surface area contributed by atoms with Crippen molar-refractivity contribution in [3.05, 3.63) is 24.2 Å². The van der Waals surface area contributed by atoms with E-state index in [0.717, 1.165) is 0 Å². The maximum atomic E-state index is 11.9. The summed E-state index contributed by atoms with van der Waals surface area (Å²) in [6.45, 7) is 3.52. The molecule has 1 aromatic heterocycles. The van der Waals surface area contributed by atoms with E-state index in [1.54, 1.807) is 26.0 Å². The summed E-state index contributed by atoms with van der Waals surface area (Å²) in [4.78, 5) is 23.6. The van der Waals surface area contributed by atoms with Gasteiger partial charge < -0.3 is 24.5 Å². The van der Waals surface area contributed by atoms with Gasteiger partial charge in [0.15, 0.2) is 0 Å². The number of hydrogen-bond donors (Lipinski definition) is 2. The number of carbonyl (C=O) groups excluding carboxylic acids is 2.